The average molecular weight is 384 g/mol. The van der Waals surface area contributed by atoms with Crippen LogP contribution in [0.2, 0.25) is 0 Å². The molecule has 0 bridgehead atoms. The number of carbonyl (C=O) groups excluding carboxylic acids is 1. The van der Waals surface area contributed by atoms with Crippen molar-refractivity contribution in [1.82, 2.24) is 9.80 Å². The van der Waals surface area contributed by atoms with Gasteiger partial charge in [-0.25, -0.2) is 4.39 Å². The van der Waals surface area contributed by atoms with E-state index in [1.165, 1.54) is 17.7 Å². The van der Waals surface area contributed by atoms with Gasteiger partial charge in [0, 0.05) is 38.3 Å². The molecule has 0 radical (unpaired) electrons. The smallest absolute Gasteiger partial charge is 0.254 e. The van der Waals surface area contributed by atoms with Crippen LogP contribution in [0.1, 0.15) is 34.3 Å². The van der Waals surface area contributed by atoms with E-state index in [2.05, 4.69) is 17.0 Å². The van der Waals surface area contributed by atoms with E-state index in [1.807, 2.05) is 30.0 Å². The van der Waals surface area contributed by atoms with Crippen LogP contribution in [0.5, 0.6) is 0 Å². The highest BCUT2D eigenvalue weighted by atomic mass is 19.1. The Bertz CT molecular complexity index is 766. The first-order valence-corrected chi connectivity index (χ1v) is 10.0. The van der Waals surface area contributed by atoms with Crippen LogP contribution in [0.25, 0.3) is 0 Å². The van der Waals surface area contributed by atoms with Crippen molar-refractivity contribution in [3.05, 3.63) is 71.0 Å². The largest absolute Gasteiger partial charge is 0.377 e. The Labute approximate surface area is 166 Å². The Hall–Kier alpha value is -2.24. The van der Waals surface area contributed by atoms with Gasteiger partial charge in [-0.3, -0.25) is 4.79 Å². The van der Waals surface area contributed by atoms with Gasteiger partial charge in [0.15, 0.2) is 0 Å². The molecule has 0 unspecified atom stereocenters. The van der Waals surface area contributed by atoms with Crippen LogP contribution in [-0.4, -0.2) is 55.0 Å². The zero-order chi connectivity index (χ0) is 19.8. The lowest BCUT2D eigenvalue weighted by Gasteiger charge is -2.22. The SMILES string of the molecule is Cc1ccc(F)cc1C(=O)N1CCCN(CCCOCc2ccccc2)CC1. The molecular formula is C23H29FN2O2. The van der Waals surface area contributed by atoms with Crippen LogP contribution in [0.3, 0.4) is 0 Å². The quantitative estimate of drug-likeness (QED) is 0.679. The van der Waals surface area contributed by atoms with Crippen molar-refractivity contribution >= 4 is 5.91 Å². The number of aryl methyl sites for hydroxylation is 1. The fourth-order valence-electron chi connectivity index (χ4n) is 3.55. The second-order valence-electron chi connectivity index (χ2n) is 7.34. The van der Waals surface area contributed by atoms with E-state index < -0.39 is 0 Å². The van der Waals surface area contributed by atoms with Crippen LogP contribution < -0.4 is 0 Å². The van der Waals surface area contributed by atoms with Crippen molar-refractivity contribution in [3.8, 4) is 0 Å². The molecule has 1 aliphatic heterocycles. The minimum absolute atomic E-state index is 0.0648. The molecule has 150 valence electrons. The highest BCUT2D eigenvalue weighted by Gasteiger charge is 2.21. The van der Waals surface area contributed by atoms with Gasteiger partial charge in [0.05, 0.1) is 6.61 Å². The molecule has 3 rings (SSSR count). The molecule has 2 aromatic carbocycles. The van der Waals surface area contributed by atoms with Gasteiger partial charge in [0.25, 0.3) is 5.91 Å². The number of hydrogen-bond donors (Lipinski definition) is 0. The molecule has 2 aromatic rings. The molecule has 1 fully saturated rings. The molecule has 0 spiro atoms. The first-order valence-electron chi connectivity index (χ1n) is 10.0. The Balaban J connectivity index is 1.41. The van der Waals surface area contributed by atoms with Crippen LogP contribution in [0, 0.1) is 12.7 Å². The molecule has 0 aliphatic carbocycles. The number of hydrogen-bond acceptors (Lipinski definition) is 3. The van der Waals surface area contributed by atoms with Gasteiger partial charge >= 0.3 is 0 Å². The van der Waals surface area contributed by atoms with E-state index in [1.54, 1.807) is 6.07 Å². The maximum absolute atomic E-state index is 13.5. The van der Waals surface area contributed by atoms with Crippen molar-refractivity contribution in [2.75, 3.05) is 39.3 Å². The molecule has 0 aromatic heterocycles. The van der Waals surface area contributed by atoms with E-state index in [-0.39, 0.29) is 11.7 Å². The highest BCUT2D eigenvalue weighted by molar-refractivity contribution is 5.95. The van der Waals surface area contributed by atoms with Crippen molar-refractivity contribution in [3.63, 3.8) is 0 Å². The molecule has 1 aliphatic rings. The van der Waals surface area contributed by atoms with Crippen LogP contribution in [0.15, 0.2) is 48.5 Å². The Morgan fingerprint density at radius 3 is 2.71 bits per heavy atom. The molecular weight excluding hydrogens is 355 g/mol. The van der Waals surface area contributed by atoms with Gasteiger partial charge in [-0.05, 0) is 49.6 Å². The Morgan fingerprint density at radius 2 is 1.89 bits per heavy atom. The summed E-state index contributed by atoms with van der Waals surface area (Å²) in [7, 11) is 0. The van der Waals surface area contributed by atoms with Gasteiger partial charge in [-0.2, -0.15) is 0 Å². The van der Waals surface area contributed by atoms with Crippen LogP contribution in [0.4, 0.5) is 4.39 Å². The third-order valence-electron chi connectivity index (χ3n) is 5.18. The maximum atomic E-state index is 13.5. The number of nitrogens with zero attached hydrogens (tertiary/aromatic N) is 2. The van der Waals surface area contributed by atoms with Gasteiger partial charge in [0.1, 0.15) is 5.82 Å². The zero-order valence-corrected chi connectivity index (χ0v) is 16.6. The van der Waals surface area contributed by atoms with Crippen LogP contribution in [-0.2, 0) is 11.3 Å². The van der Waals surface area contributed by atoms with Crippen molar-refractivity contribution < 1.29 is 13.9 Å². The molecule has 28 heavy (non-hydrogen) atoms. The summed E-state index contributed by atoms with van der Waals surface area (Å²) in [6.45, 7) is 7.42. The average Bonchev–Trinajstić information content (AvgIpc) is 2.95. The number of carbonyl (C=O) groups is 1. The number of benzene rings is 2. The fourth-order valence-corrected chi connectivity index (χ4v) is 3.55. The summed E-state index contributed by atoms with van der Waals surface area (Å²) < 4.78 is 19.3. The second kappa shape index (κ2) is 10.3. The third-order valence-corrected chi connectivity index (χ3v) is 5.18. The summed E-state index contributed by atoms with van der Waals surface area (Å²) in [6.07, 6.45) is 1.91. The molecule has 1 amide bonds. The normalized spacial score (nSPS) is 15.4. The predicted octanol–water partition coefficient (Wildman–Crippen LogP) is 3.89. The molecule has 0 saturated carbocycles. The molecule has 0 atom stereocenters. The lowest BCUT2D eigenvalue weighted by atomic mass is 10.1. The summed E-state index contributed by atoms with van der Waals surface area (Å²) in [5.41, 5.74) is 2.49. The van der Waals surface area contributed by atoms with Gasteiger partial charge in [0.2, 0.25) is 0 Å². The minimum Gasteiger partial charge on any atom is -0.377 e. The molecule has 4 nitrogen and oxygen atoms in total. The lowest BCUT2D eigenvalue weighted by molar-refractivity contribution is 0.0757. The van der Waals surface area contributed by atoms with Crippen molar-refractivity contribution in [1.29, 1.82) is 0 Å². The topological polar surface area (TPSA) is 32.8 Å². The summed E-state index contributed by atoms with van der Waals surface area (Å²) in [5.74, 6) is -0.425. The summed E-state index contributed by atoms with van der Waals surface area (Å²) in [5, 5.41) is 0. The number of ether oxygens (including phenoxy) is 1. The number of rotatable bonds is 7. The minimum atomic E-state index is -0.360. The molecule has 0 N–H and O–H groups in total. The zero-order valence-electron chi connectivity index (χ0n) is 16.6. The van der Waals surface area contributed by atoms with E-state index >= 15 is 0 Å². The van der Waals surface area contributed by atoms with E-state index in [0.29, 0.717) is 18.7 Å². The van der Waals surface area contributed by atoms with Gasteiger partial charge in [-0.15, -0.1) is 0 Å². The van der Waals surface area contributed by atoms with Gasteiger partial charge in [-0.1, -0.05) is 36.4 Å². The highest BCUT2D eigenvalue weighted by Crippen LogP contribution is 2.15. The summed E-state index contributed by atoms with van der Waals surface area (Å²) >= 11 is 0. The molecule has 5 heteroatoms. The van der Waals surface area contributed by atoms with Crippen molar-refractivity contribution in [2.45, 2.75) is 26.4 Å². The van der Waals surface area contributed by atoms with E-state index in [0.717, 1.165) is 51.2 Å². The fraction of sp³-hybridized carbons (Fsp3) is 0.435. The summed E-state index contributed by atoms with van der Waals surface area (Å²) in [6, 6.07) is 14.6. The second-order valence-corrected chi connectivity index (χ2v) is 7.34. The Morgan fingerprint density at radius 1 is 1.07 bits per heavy atom. The summed E-state index contributed by atoms with van der Waals surface area (Å²) in [4.78, 5) is 17.0. The maximum Gasteiger partial charge on any atom is 0.254 e. The first-order chi connectivity index (χ1) is 13.6. The van der Waals surface area contributed by atoms with E-state index in [9.17, 15) is 9.18 Å². The van der Waals surface area contributed by atoms with Gasteiger partial charge < -0.3 is 14.5 Å². The monoisotopic (exact) mass is 384 g/mol. The van der Waals surface area contributed by atoms with Crippen molar-refractivity contribution in [2.24, 2.45) is 0 Å². The molecule has 1 saturated heterocycles. The van der Waals surface area contributed by atoms with Crippen LogP contribution >= 0.6 is 0 Å². The standard InChI is InChI=1S/C23H29FN2O2/c1-19-9-10-21(24)17-22(19)23(27)26-13-5-11-25(14-15-26)12-6-16-28-18-20-7-3-2-4-8-20/h2-4,7-10,17H,5-6,11-16,18H2,1H3. The number of halogens is 1. The third kappa shape index (κ3) is 5.88. The molecule has 1 heterocycles. The number of amides is 1. The van der Waals surface area contributed by atoms with E-state index in [4.69, 9.17) is 4.74 Å². The Kier molecular flexibility index (Phi) is 7.57. The predicted molar refractivity (Wildman–Crippen MR) is 109 cm³/mol. The lowest BCUT2D eigenvalue weighted by Crippen LogP contribution is -2.36. The first kappa shape index (κ1) is 20.5.